The molecule has 1 fully saturated rings. The van der Waals surface area contributed by atoms with Crippen molar-refractivity contribution >= 4 is 27.0 Å². The van der Waals surface area contributed by atoms with E-state index in [9.17, 15) is 18.3 Å². The first-order valence-corrected chi connectivity index (χ1v) is 22.5. The average Bonchev–Trinajstić information content (AvgIpc) is 3.27. The number of amides is 1. The molecular formula is C49H59NO12S. The van der Waals surface area contributed by atoms with Gasteiger partial charge in [-0.05, 0) is 86.7 Å². The molecule has 5 aromatic carbocycles. The summed E-state index contributed by atoms with van der Waals surface area (Å²) in [6.07, 6.45) is -2.52. The van der Waals surface area contributed by atoms with Crippen LogP contribution in [0.4, 0.5) is 4.79 Å². The van der Waals surface area contributed by atoms with E-state index in [2.05, 4.69) is 0 Å². The first kappa shape index (κ1) is 47.3. The minimum Gasteiger partial charge on any atom is -0.496 e. The van der Waals surface area contributed by atoms with E-state index in [0.29, 0.717) is 37.7 Å². The van der Waals surface area contributed by atoms with Crippen molar-refractivity contribution in [3.05, 3.63) is 131 Å². The molecule has 1 heterocycles. The van der Waals surface area contributed by atoms with Gasteiger partial charge in [-0.2, -0.15) is 8.42 Å². The van der Waals surface area contributed by atoms with Crippen molar-refractivity contribution in [2.45, 2.75) is 82.1 Å². The number of piperidine rings is 1. The predicted octanol–water partition coefficient (Wildman–Crippen LogP) is 8.22. The Bertz CT molecular complexity index is 2350. The van der Waals surface area contributed by atoms with E-state index in [1.165, 1.54) is 12.1 Å². The number of nitrogens with zero attached hydrogens (tertiary/aromatic N) is 1. The van der Waals surface area contributed by atoms with Gasteiger partial charge in [-0.3, -0.25) is 4.18 Å². The minimum absolute atomic E-state index is 0.0420. The molecule has 63 heavy (non-hydrogen) atoms. The molecule has 5 aromatic rings. The molecule has 0 unspecified atom stereocenters. The summed E-state index contributed by atoms with van der Waals surface area (Å²) in [5.41, 5.74) is 2.78. The van der Waals surface area contributed by atoms with Crippen LogP contribution in [0.2, 0.25) is 0 Å². The smallest absolute Gasteiger partial charge is 0.410 e. The lowest BCUT2D eigenvalue weighted by Crippen LogP contribution is -2.55. The predicted molar refractivity (Wildman–Crippen MR) is 239 cm³/mol. The lowest BCUT2D eigenvalue weighted by Gasteiger charge is -2.44. The highest BCUT2D eigenvalue weighted by molar-refractivity contribution is 7.86. The van der Waals surface area contributed by atoms with Crippen LogP contribution < -0.4 is 14.2 Å². The van der Waals surface area contributed by atoms with Crippen molar-refractivity contribution in [2.75, 3.05) is 53.7 Å². The minimum atomic E-state index is -4.24. The SMILES string of the molecule is COc1ccccc1COCCCOc1ccc([C@@H]2[C@@H](OCc3cc(OC)c4ccccc4c3)CN(C(=O)OC(C)(C)C)C[C@H]2OC[C@H](CO)OS(=O)(=O)c2ccc(C)cc2)cc1. The molecular weight excluding hydrogens is 827 g/mol. The molecule has 338 valence electrons. The van der Waals surface area contributed by atoms with E-state index in [4.69, 9.17) is 37.3 Å². The topological polar surface area (TPSA) is 149 Å². The third-order valence-electron chi connectivity index (χ3n) is 10.5. The van der Waals surface area contributed by atoms with Gasteiger partial charge in [0.05, 0.1) is 84.1 Å². The molecule has 14 heteroatoms. The maximum atomic E-state index is 13.7. The first-order chi connectivity index (χ1) is 30.3. The van der Waals surface area contributed by atoms with Gasteiger partial charge in [0.15, 0.2) is 0 Å². The molecule has 0 saturated carbocycles. The number of ether oxygens (including phenoxy) is 7. The number of carbonyl (C=O) groups excluding carboxylic acids is 1. The van der Waals surface area contributed by atoms with E-state index in [1.54, 1.807) is 52.0 Å². The number of hydrogen-bond acceptors (Lipinski definition) is 12. The van der Waals surface area contributed by atoms with E-state index in [-0.39, 0.29) is 31.2 Å². The van der Waals surface area contributed by atoms with Crippen LogP contribution in [-0.4, -0.2) is 102 Å². The summed E-state index contributed by atoms with van der Waals surface area (Å²) in [6, 6.07) is 33.5. The summed E-state index contributed by atoms with van der Waals surface area (Å²) >= 11 is 0. The van der Waals surface area contributed by atoms with E-state index >= 15 is 0 Å². The van der Waals surface area contributed by atoms with Gasteiger partial charge in [-0.1, -0.05) is 72.3 Å². The number of carbonyl (C=O) groups is 1. The van der Waals surface area contributed by atoms with E-state index in [0.717, 1.165) is 38.8 Å². The van der Waals surface area contributed by atoms with Crippen LogP contribution in [0.25, 0.3) is 10.8 Å². The molecule has 0 aliphatic carbocycles. The zero-order valence-corrected chi connectivity index (χ0v) is 37.7. The molecule has 0 aromatic heterocycles. The highest BCUT2D eigenvalue weighted by Crippen LogP contribution is 2.36. The Morgan fingerprint density at radius 3 is 2.19 bits per heavy atom. The average molecular weight is 886 g/mol. The van der Waals surface area contributed by atoms with Crippen molar-refractivity contribution < 1.29 is 55.7 Å². The largest absolute Gasteiger partial charge is 0.496 e. The fourth-order valence-electron chi connectivity index (χ4n) is 7.41. The number of hydrogen-bond donors (Lipinski definition) is 1. The fourth-order valence-corrected chi connectivity index (χ4v) is 8.46. The van der Waals surface area contributed by atoms with Crippen molar-refractivity contribution in [3.63, 3.8) is 0 Å². The molecule has 1 aliphatic heterocycles. The molecule has 0 radical (unpaired) electrons. The van der Waals surface area contributed by atoms with Crippen LogP contribution in [0.3, 0.4) is 0 Å². The summed E-state index contributed by atoms with van der Waals surface area (Å²) in [4.78, 5) is 15.2. The molecule has 0 bridgehead atoms. The number of rotatable bonds is 20. The molecule has 0 spiro atoms. The Kier molecular flexibility index (Phi) is 16.4. The number of fused-ring (bicyclic) bond motifs is 1. The summed E-state index contributed by atoms with van der Waals surface area (Å²) in [6.45, 7) is 8.07. The monoisotopic (exact) mass is 885 g/mol. The number of benzene rings is 5. The first-order valence-electron chi connectivity index (χ1n) is 21.1. The van der Waals surface area contributed by atoms with Gasteiger partial charge in [0.25, 0.3) is 10.1 Å². The van der Waals surface area contributed by atoms with Gasteiger partial charge in [0, 0.05) is 23.3 Å². The van der Waals surface area contributed by atoms with Crippen LogP contribution in [-0.2, 0) is 46.5 Å². The van der Waals surface area contributed by atoms with Crippen molar-refractivity contribution in [2.24, 2.45) is 0 Å². The third kappa shape index (κ3) is 13.2. The molecule has 13 nitrogen and oxygen atoms in total. The Morgan fingerprint density at radius 1 is 0.810 bits per heavy atom. The number of likely N-dealkylation sites (tertiary alicyclic amines) is 1. The highest BCUT2D eigenvalue weighted by Gasteiger charge is 2.43. The number of aryl methyl sites for hydroxylation is 1. The maximum Gasteiger partial charge on any atom is 0.410 e. The highest BCUT2D eigenvalue weighted by atomic mass is 32.2. The molecule has 4 atom stereocenters. The van der Waals surface area contributed by atoms with Crippen LogP contribution in [0.15, 0.2) is 114 Å². The Morgan fingerprint density at radius 2 is 1.49 bits per heavy atom. The van der Waals surface area contributed by atoms with Gasteiger partial charge >= 0.3 is 6.09 Å². The van der Waals surface area contributed by atoms with Gasteiger partial charge in [0.1, 0.15) is 29.0 Å². The summed E-state index contributed by atoms with van der Waals surface area (Å²) in [5, 5.41) is 12.3. The molecule has 1 N–H and O–H groups in total. The standard InChI is InChI=1S/C49H59NO12S/c1-34-16-22-41(23-17-34)63(53,54)62-40(30-51)33-60-46-29-50(48(52)61-49(2,3)4)28-45(59-31-35-26-37-12-7-9-14-42(37)44(27-35)56-6)47(46)36-18-20-39(21-19-36)58-25-11-24-57-32-38-13-8-10-15-43(38)55-5/h7-10,12-23,26-27,40,45-47,51H,11,24-25,28-33H2,1-6H3/t40-,45-,46+,47+/m0/s1. The molecule has 1 amide bonds. The van der Waals surface area contributed by atoms with Crippen LogP contribution in [0, 0.1) is 6.92 Å². The van der Waals surface area contributed by atoms with E-state index in [1.807, 2.05) is 91.9 Å². The number of aliphatic hydroxyl groups excluding tert-OH is 1. The van der Waals surface area contributed by atoms with Gasteiger partial charge in [-0.15, -0.1) is 0 Å². The fraction of sp³-hybridized carbons (Fsp3) is 0.408. The second-order valence-electron chi connectivity index (χ2n) is 16.5. The van der Waals surface area contributed by atoms with Gasteiger partial charge in [-0.25, -0.2) is 4.79 Å². The normalized spacial score (nSPS) is 17.3. The molecule has 6 rings (SSSR count). The zero-order valence-electron chi connectivity index (χ0n) is 36.9. The quantitative estimate of drug-likeness (QED) is 0.0593. The second kappa shape index (κ2) is 21.9. The Hall–Kier alpha value is -5.22. The molecule has 1 saturated heterocycles. The van der Waals surface area contributed by atoms with Crippen molar-refractivity contribution in [3.8, 4) is 17.2 Å². The summed E-state index contributed by atoms with van der Waals surface area (Å²) in [5.74, 6) is 1.67. The number of aliphatic hydroxyl groups is 1. The van der Waals surface area contributed by atoms with Crippen molar-refractivity contribution in [1.29, 1.82) is 0 Å². The van der Waals surface area contributed by atoms with Gasteiger partial charge in [0.2, 0.25) is 0 Å². The third-order valence-corrected chi connectivity index (χ3v) is 11.9. The molecule has 1 aliphatic rings. The van der Waals surface area contributed by atoms with Gasteiger partial charge < -0.3 is 43.2 Å². The Labute approximate surface area is 370 Å². The lowest BCUT2D eigenvalue weighted by atomic mass is 9.84. The lowest BCUT2D eigenvalue weighted by molar-refractivity contribution is -0.108. The summed E-state index contributed by atoms with van der Waals surface area (Å²) in [7, 11) is -0.975. The number of para-hydroxylation sites is 1. The van der Waals surface area contributed by atoms with Crippen LogP contribution in [0.5, 0.6) is 17.2 Å². The summed E-state index contributed by atoms with van der Waals surface area (Å²) < 4.78 is 74.2. The van der Waals surface area contributed by atoms with Crippen LogP contribution >= 0.6 is 0 Å². The zero-order chi connectivity index (χ0) is 45.0. The van der Waals surface area contributed by atoms with E-state index < -0.39 is 52.6 Å². The second-order valence-corrected chi connectivity index (χ2v) is 18.0. The Balaban J connectivity index is 1.23. The number of methoxy groups -OCH3 is 2. The van der Waals surface area contributed by atoms with Crippen molar-refractivity contribution in [1.82, 2.24) is 4.90 Å². The van der Waals surface area contributed by atoms with Crippen LogP contribution in [0.1, 0.15) is 55.4 Å². The maximum absolute atomic E-state index is 13.7.